The molecule has 1 unspecified atom stereocenters. The summed E-state index contributed by atoms with van der Waals surface area (Å²) in [6.45, 7) is 2.76. The van der Waals surface area contributed by atoms with Crippen molar-refractivity contribution in [3.63, 3.8) is 0 Å². The molecule has 116 valence electrons. The molecule has 2 N–H and O–H groups in total. The Morgan fingerprint density at radius 1 is 1.30 bits per heavy atom. The van der Waals surface area contributed by atoms with E-state index >= 15 is 0 Å². The Labute approximate surface area is 121 Å². The van der Waals surface area contributed by atoms with E-state index in [1.807, 2.05) is 0 Å². The maximum atomic E-state index is 11.0. The average Bonchev–Trinajstić information content (AvgIpc) is 2.39. The molecule has 0 aromatic carbocycles. The number of carboxylic acids is 1. The zero-order valence-corrected chi connectivity index (χ0v) is 12.7. The van der Waals surface area contributed by atoms with Gasteiger partial charge in [0.25, 0.3) is 0 Å². The molecule has 1 saturated heterocycles. The highest BCUT2D eigenvalue weighted by atomic mass is 16.4. The number of hydrogen-bond donors (Lipinski definition) is 2. The van der Waals surface area contributed by atoms with Crippen LogP contribution >= 0.6 is 0 Å². The smallest absolute Gasteiger partial charge is 0.306 e. The van der Waals surface area contributed by atoms with Crippen LogP contribution in [-0.4, -0.2) is 71.4 Å². The molecule has 1 aliphatic heterocycles. The molecule has 1 saturated carbocycles. The number of likely N-dealkylation sites (N-methyl/N-ethyl adjacent to an activating group) is 1. The molecule has 0 amide bonds. The SMILES string of the molecule is CN(C)C1CCCN(CC2(O)CCC(C(=O)O)CC2)C1. The summed E-state index contributed by atoms with van der Waals surface area (Å²) in [7, 11) is 4.22. The van der Waals surface area contributed by atoms with Gasteiger partial charge in [-0.25, -0.2) is 0 Å². The van der Waals surface area contributed by atoms with Gasteiger partial charge in [0.1, 0.15) is 0 Å². The van der Waals surface area contributed by atoms with Crippen molar-refractivity contribution in [3.05, 3.63) is 0 Å². The van der Waals surface area contributed by atoms with Gasteiger partial charge in [0.05, 0.1) is 11.5 Å². The maximum Gasteiger partial charge on any atom is 0.306 e. The minimum atomic E-state index is -0.710. The Morgan fingerprint density at radius 3 is 2.50 bits per heavy atom. The summed E-state index contributed by atoms with van der Waals surface area (Å²) in [4.78, 5) is 15.6. The van der Waals surface area contributed by atoms with E-state index in [4.69, 9.17) is 5.11 Å². The van der Waals surface area contributed by atoms with Crippen LogP contribution in [0.1, 0.15) is 38.5 Å². The van der Waals surface area contributed by atoms with E-state index in [2.05, 4.69) is 23.9 Å². The van der Waals surface area contributed by atoms with Gasteiger partial charge in [-0.05, 0) is 59.2 Å². The highest BCUT2D eigenvalue weighted by Gasteiger charge is 2.37. The van der Waals surface area contributed by atoms with Crippen LogP contribution in [0, 0.1) is 5.92 Å². The standard InChI is InChI=1S/C15H28N2O3/c1-16(2)13-4-3-9-17(10-13)11-15(20)7-5-12(6-8-15)14(18)19/h12-13,20H,3-11H2,1-2H3,(H,18,19). The average molecular weight is 284 g/mol. The van der Waals surface area contributed by atoms with Crippen molar-refractivity contribution >= 4 is 5.97 Å². The van der Waals surface area contributed by atoms with Crippen molar-refractivity contribution in [3.8, 4) is 0 Å². The van der Waals surface area contributed by atoms with Gasteiger partial charge >= 0.3 is 5.97 Å². The summed E-state index contributed by atoms with van der Waals surface area (Å²) in [5, 5.41) is 19.7. The molecule has 0 radical (unpaired) electrons. The third-order valence-electron chi connectivity index (χ3n) is 4.99. The van der Waals surface area contributed by atoms with Gasteiger partial charge in [0.15, 0.2) is 0 Å². The quantitative estimate of drug-likeness (QED) is 0.807. The topological polar surface area (TPSA) is 64.0 Å². The van der Waals surface area contributed by atoms with Gasteiger partial charge in [-0.15, -0.1) is 0 Å². The highest BCUT2D eigenvalue weighted by Crippen LogP contribution is 2.33. The molecule has 0 aromatic heterocycles. The van der Waals surface area contributed by atoms with Gasteiger partial charge in [-0.3, -0.25) is 9.69 Å². The van der Waals surface area contributed by atoms with Gasteiger partial charge in [0.2, 0.25) is 0 Å². The van der Waals surface area contributed by atoms with Gasteiger partial charge in [-0.2, -0.15) is 0 Å². The van der Waals surface area contributed by atoms with Crippen molar-refractivity contribution in [1.29, 1.82) is 0 Å². The second kappa shape index (κ2) is 6.41. The Bertz CT molecular complexity index is 338. The summed E-state index contributed by atoms with van der Waals surface area (Å²) < 4.78 is 0. The Morgan fingerprint density at radius 2 is 1.95 bits per heavy atom. The van der Waals surface area contributed by atoms with Crippen LogP contribution in [0.2, 0.25) is 0 Å². The predicted octanol–water partition coefficient (Wildman–Crippen LogP) is 1.02. The normalized spacial score (nSPS) is 36.2. The lowest BCUT2D eigenvalue weighted by Gasteiger charge is -2.42. The second-order valence-electron chi connectivity index (χ2n) is 6.83. The summed E-state index contributed by atoms with van der Waals surface area (Å²) in [5.41, 5.74) is -0.680. The number of aliphatic hydroxyl groups is 1. The molecule has 5 nitrogen and oxygen atoms in total. The lowest BCUT2D eigenvalue weighted by atomic mass is 9.78. The Kier molecular flexibility index (Phi) is 5.04. The second-order valence-corrected chi connectivity index (χ2v) is 6.83. The molecular weight excluding hydrogens is 256 g/mol. The number of carbonyl (C=O) groups is 1. The summed E-state index contributed by atoms with van der Waals surface area (Å²) >= 11 is 0. The zero-order valence-electron chi connectivity index (χ0n) is 12.7. The summed E-state index contributed by atoms with van der Waals surface area (Å²) in [6, 6.07) is 0.572. The molecule has 1 atom stereocenters. The van der Waals surface area contributed by atoms with Gasteiger partial charge in [-0.1, -0.05) is 0 Å². The third kappa shape index (κ3) is 3.93. The van der Waals surface area contributed by atoms with E-state index in [1.54, 1.807) is 0 Å². The third-order valence-corrected chi connectivity index (χ3v) is 4.99. The minimum absolute atomic E-state index is 0.258. The number of β-amino-alcohol motifs (C(OH)–C–C–N with tert-alkyl or cyclic N) is 1. The number of nitrogens with zero attached hydrogens (tertiary/aromatic N) is 2. The van der Waals surface area contributed by atoms with E-state index < -0.39 is 11.6 Å². The fourth-order valence-electron chi connectivity index (χ4n) is 3.57. The van der Waals surface area contributed by atoms with Crippen molar-refractivity contribution < 1.29 is 15.0 Å². The lowest BCUT2D eigenvalue weighted by Crippen LogP contribution is -2.52. The molecule has 0 spiro atoms. The van der Waals surface area contributed by atoms with E-state index in [0.29, 0.717) is 38.3 Å². The van der Waals surface area contributed by atoms with E-state index in [0.717, 1.165) is 13.1 Å². The Balaban J connectivity index is 1.85. The summed E-state index contributed by atoms with van der Waals surface area (Å²) in [5.74, 6) is -0.969. The van der Waals surface area contributed by atoms with Crippen LogP contribution in [0.25, 0.3) is 0 Å². The largest absolute Gasteiger partial charge is 0.481 e. The number of aliphatic carboxylic acids is 1. The number of piperidine rings is 1. The van der Waals surface area contributed by atoms with Gasteiger partial charge in [0, 0.05) is 19.1 Å². The molecule has 2 rings (SSSR count). The van der Waals surface area contributed by atoms with E-state index in [1.165, 1.54) is 12.8 Å². The minimum Gasteiger partial charge on any atom is -0.481 e. The first kappa shape index (κ1) is 15.7. The molecular formula is C15H28N2O3. The number of rotatable bonds is 4. The van der Waals surface area contributed by atoms with Crippen LogP contribution < -0.4 is 0 Å². The lowest BCUT2D eigenvalue weighted by molar-refractivity contribution is -0.145. The van der Waals surface area contributed by atoms with E-state index in [9.17, 15) is 9.90 Å². The number of carboxylic acid groups (broad SMARTS) is 1. The van der Waals surface area contributed by atoms with Crippen LogP contribution in [0.3, 0.4) is 0 Å². The summed E-state index contributed by atoms with van der Waals surface area (Å²) in [6.07, 6.45) is 4.85. The van der Waals surface area contributed by atoms with Crippen LogP contribution in [0.5, 0.6) is 0 Å². The maximum absolute atomic E-state index is 11.0. The van der Waals surface area contributed by atoms with Crippen LogP contribution in [-0.2, 0) is 4.79 Å². The zero-order chi connectivity index (χ0) is 14.8. The highest BCUT2D eigenvalue weighted by molar-refractivity contribution is 5.70. The first-order valence-corrected chi connectivity index (χ1v) is 7.73. The van der Waals surface area contributed by atoms with Crippen molar-refractivity contribution in [2.75, 3.05) is 33.7 Å². The molecule has 0 aromatic rings. The fraction of sp³-hybridized carbons (Fsp3) is 0.933. The Hall–Kier alpha value is -0.650. The van der Waals surface area contributed by atoms with E-state index in [-0.39, 0.29) is 5.92 Å². The molecule has 1 heterocycles. The van der Waals surface area contributed by atoms with Crippen LogP contribution in [0.15, 0.2) is 0 Å². The fourth-order valence-corrected chi connectivity index (χ4v) is 3.57. The predicted molar refractivity (Wildman–Crippen MR) is 77.7 cm³/mol. The number of hydrogen-bond acceptors (Lipinski definition) is 4. The molecule has 5 heteroatoms. The molecule has 2 fully saturated rings. The molecule has 0 bridgehead atoms. The molecule has 1 aliphatic carbocycles. The van der Waals surface area contributed by atoms with Gasteiger partial charge < -0.3 is 15.1 Å². The number of likely N-dealkylation sites (tertiary alicyclic amines) is 1. The van der Waals surface area contributed by atoms with Crippen molar-refractivity contribution in [2.45, 2.75) is 50.2 Å². The van der Waals surface area contributed by atoms with Crippen molar-refractivity contribution in [2.24, 2.45) is 5.92 Å². The first-order valence-electron chi connectivity index (χ1n) is 7.73. The first-order chi connectivity index (χ1) is 9.39. The van der Waals surface area contributed by atoms with Crippen LogP contribution in [0.4, 0.5) is 0 Å². The monoisotopic (exact) mass is 284 g/mol. The van der Waals surface area contributed by atoms with Crippen molar-refractivity contribution in [1.82, 2.24) is 9.80 Å². The molecule has 20 heavy (non-hydrogen) atoms. The molecule has 2 aliphatic rings.